The molecule has 8 heteroatoms. The number of rotatable bonds is 8. The number of hydrogen-bond acceptors (Lipinski definition) is 5. The number of carboxylic acids is 1. The molecule has 7 nitrogen and oxygen atoms in total. The Hall–Kier alpha value is -1.28. The Morgan fingerprint density at radius 1 is 1.24 bits per heavy atom. The number of carboxylic acid groups (broad SMARTS) is 1. The van der Waals surface area contributed by atoms with Crippen LogP contribution in [0.15, 0.2) is 0 Å². The van der Waals surface area contributed by atoms with Gasteiger partial charge in [-0.05, 0) is 38.6 Å². The van der Waals surface area contributed by atoms with Crippen molar-refractivity contribution in [3.8, 4) is 0 Å². The molecule has 2 amide bonds. The molecule has 0 aromatic heterocycles. The van der Waals surface area contributed by atoms with E-state index in [9.17, 15) is 19.5 Å². The van der Waals surface area contributed by atoms with Gasteiger partial charge < -0.3 is 21.5 Å². The van der Waals surface area contributed by atoms with Crippen LogP contribution in [-0.2, 0) is 14.4 Å². The zero-order valence-corrected chi connectivity index (χ0v) is 15.6. The zero-order chi connectivity index (χ0) is 18.7. The summed E-state index contributed by atoms with van der Waals surface area (Å²) in [5.74, 6) is -1.43. The Morgan fingerprint density at radius 2 is 1.92 bits per heavy atom. The summed E-state index contributed by atoms with van der Waals surface area (Å²) >= 11 is 4.23. The first-order valence-corrected chi connectivity index (χ1v) is 9.77. The van der Waals surface area contributed by atoms with E-state index in [0.717, 1.165) is 32.1 Å². The lowest BCUT2D eigenvalue weighted by Crippen LogP contribution is -2.52. The van der Waals surface area contributed by atoms with Gasteiger partial charge in [-0.1, -0.05) is 25.7 Å². The molecule has 0 spiro atoms. The number of unbranched alkanes of at least 4 members (excludes halogenated alkanes) is 1. The maximum absolute atomic E-state index is 12.5. The van der Waals surface area contributed by atoms with Crippen molar-refractivity contribution in [3.05, 3.63) is 0 Å². The van der Waals surface area contributed by atoms with E-state index in [1.54, 1.807) is 0 Å². The monoisotopic (exact) mass is 373 g/mol. The molecule has 0 aliphatic carbocycles. The Morgan fingerprint density at radius 3 is 2.52 bits per heavy atom. The van der Waals surface area contributed by atoms with Gasteiger partial charge in [-0.3, -0.25) is 9.59 Å². The van der Waals surface area contributed by atoms with Crippen molar-refractivity contribution < 1.29 is 19.5 Å². The highest BCUT2D eigenvalue weighted by Gasteiger charge is 2.28. The van der Waals surface area contributed by atoms with Gasteiger partial charge in [0.05, 0.1) is 0 Å². The molecule has 1 fully saturated rings. The molecule has 3 atom stereocenters. The van der Waals surface area contributed by atoms with Crippen molar-refractivity contribution in [3.63, 3.8) is 0 Å². The SMILES string of the molecule is NCCCC[C@@H](NC(=O)C1CCCCCCC(CS)C(=O)N1)C(=O)O. The van der Waals surface area contributed by atoms with E-state index in [1.807, 2.05) is 0 Å². The van der Waals surface area contributed by atoms with Crippen LogP contribution in [0.3, 0.4) is 0 Å². The molecular formula is C17H31N3O4S. The molecule has 0 radical (unpaired) electrons. The third kappa shape index (κ3) is 8.09. The van der Waals surface area contributed by atoms with E-state index in [2.05, 4.69) is 23.3 Å². The molecule has 1 aliphatic rings. The van der Waals surface area contributed by atoms with E-state index in [-0.39, 0.29) is 11.8 Å². The van der Waals surface area contributed by atoms with Crippen molar-refractivity contribution in [2.45, 2.75) is 69.9 Å². The highest BCUT2D eigenvalue weighted by molar-refractivity contribution is 7.80. The van der Waals surface area contributed by atoms with Gasteiger partial charge >= 0.3 is 5.97 Å². The summed E-state index contributed by atoms with van der Waals surface area (Å²) in [7, 11) is 0. The van der Waals surface area contributed by atoms with Crippen LogP contribution in [0.4, 0.5) is 0 Å². The van der Waals surface area contributed by atoms with Crippen molar-refractivity contribution in [2.24, 2.45) is 11.7 Å². The maximum atomic E-state index is 12.5. The summed E-state index contributed by atoms with van der Waals surface area (Å²) in [4.78, 5) is 36.2. The van der Waals surface area contributed by atoms with E-state index in [4.69, 9.17) is 5.73 Å². The summed E-state index contributed by atoms with van der Waals surface area (Å²) in [5, 5.41) is 14.6. The van der Waals surface area contributed by atoms with Gasteiger partial charge in [0.15, 0.2) is 0 Å². The van der Waals surface area contributed by atoms with E-state index in [1.165, 1.54) is 0 Å². The van der Waals surface area contributed by atoms with Crippen LogP contribution in [0, 0.1) is 5.92 Å². The molecule has 1 aliphatic heterocycles. The van der Waals surface area contributed by atoms with Crippen LogP contribution < -0.4 is 16.4 Å². The first-order chi connectivity index (χ1) is 12.0. The molecule has 0 aromatic carbocycles. The lowest BCUT2D eigenvalue weighted by molar-refractivity contribution is -0.142. The number of thiol groups is 1. The Bertz CT molecular complexity index is 448. The van der Waals surface area contributed by atoms with Gasteiger partial charge in [0.2, 0.25) is 11.8 Å². The first kappa shape index (κ1) is 21.8. The predicted octanol–water partition coefficient (Wildman–Crippen LogP) is 1.07. The summed E-state index contributed by atoms with van der Waals surface area (Å²) in [5.41, 5.74) is 5.42. The van der Waals surface area contributed by atoms with Crippen molar-refractivity contribution in [1.82, 2.24) is 10.6 Å². The first-order valence-electron chi connectivity index (χ1n) is 9.14. The minimum absolute atomic E-state index is 0.174. The number of nitrogens with one attached hydrogen (secondary N) is 2. The molecule has 1 saturated heterocycles. The van der Waals surface area contributed by atoms with E-state index < -0.39 is 24.0 Å². The van der Waals surface area contributed by atoms with Crippen LogP contribution in [0.25, 0.3) is 0 Å². The largest absolute Gasteiger partial charge is 0.480 e. The minimum atomic E-state index is -1.07. The average Bonchev–Trinajstić information content (AvgIpc) is 2.58. The Kier molecular flexibility index (Phi) is 10.6. The van der Waals surface area contributed by atoms with Gasteiger partial charge in [0, 0.05) is 11.7 Å². The smallest absolute Gasteiger partial charge is 0.326 e. The molecule has 0 saturated carbocycles. The molecule has 25 heavy (non-hydrogen) atoms. The molecule has 144 valence electrons. The van der Waals surface area contributed by atoms with Gasteiger partial charge in [0.25, 0.3) is 0 Å². The van der Waals surface area contributed by atoms with Crippen molar-refractivity contribution in [1.29, 1.82) is 0 Å². The number of nitrogens with two attached hydrogens (primary N) is 1. The highest BCUT2D eigenvalue weighted by Crippen LogP contribution is 2.17. The molecule has 5 N–H and O–H groups in total. The molecule has 1 heterocycles. The summed E-state index contributed by atoms with van der Waals surface area (Å²) in [6, 6.07) is -1.64. The lowest BCUT2D eigenvalue weighted by Gasteiger charge is -2.24. The second kappa shape index (κ2) is 12.1. The fraction of sp³-hybridized carbons (Fsp3) is 0.824. The molecule has 1 rings (SSSR count). The average molecular weight is 374 g/mol. The lowest BCUT2D eigenvalue weighted by atomic mass is 9.97. The third-order valence-corrected chi connectivity index (χ3v) is 5.02. The molecule has 2 unspecified atom stereocenters. The topological polar surface area (TPSA) is 122 Å². The number of aliphatic carboxylic acids is 1. The van der Waals surface area contributed by atoms with Gasteiger partial charge in [-0.2, -0.15) is 12.6 Å². The number of carbonyl (C=O) groups excluding carboxylic acids is 2. The van der Waals surface area contributed by atoms with Crippen LogP contribution in [0.2, 0.25) is 0 Å². The Balaban J connectivity index is 2.69. The summed E-state index contributed by atoms with van der Waals surface area (Å²) in [6.45, 7) is 0.490. The second-order valence-electron chi connectivity index (χ2n) is 6.62. The number of hydrogen-bond donors (Lipinski definition) is 5. The normalized spacial score (nSPS) is 23.4. The maximum Gasteiger partial charge on any atom is 0.326 e. The van der Waals surface area contributed by atoms with Crippen molar-refractivity contribution >= 4 is 30.4 Å². The summed E-state index contributed by atoms with van der Waals surface area (Å²) in [6.07, 6.45) is 6.80. The third-order valence-electron chi connectivity index (χ3n) is 4.58. The van der Waals surface area contributed by atoms with Crippen LogP contribution in [-0.4, -0.2) is 47.3 Å². The molecule has 0 aromatic rings. The van der Waals surface area contributed by atoms with E-state index in [0.29, 0.717) is 38.0 Å². The zero-order valence-electron chi connectivity index (χ0n) is 14.7. The second-order valence-corrected chi connectivity index (χ2v) is 6.98. The van der Waals surface area contributed by atoms with Gasteiger partial charge in [-0.25, -0.2) is 4.79 Å². The highest BCUT2D eigenvalue weighted by atomic mass is 32.1. The fourth-order valence-electron chi connectivity index (χ4n) is 2.98. The molecular weight excluding hydrogens is 342 g/mol. The van der Waals surface area contributed by atoms with Crippen LogP contribution in [0.5, 0.6) is 0 Å². The standard InChI is InChI=1S/C17H31N3O4S/c18-10-6-5-9-14(17(23)24)20-16(22)13-8-4-2-1-3-7-12(11-25)15(21)19-13/h12-14,25H,1-11,18H2,(H,19,21)(H,20,22)(H,23,24)/t12?,13?,14-/m1/s1. The fourth-order valence-corrected chi connectivity index (χ4v) is 3.33. The molecule has 0 bridgehead atoms. The number of carbonyl (C=O) groups is 3. The Labute approximate surface area is 154 Å². The van der Waals surface area contributed by atoms with Crippen LogP contribution in [0.1, 0.15) is 57.8 Å². The number of amides is 2. The van der Waals surface area contributed by atoms with E-state index >= 15 is 0 Å². The van der Waals surface area contributed by atoms with Crippen molar-refractivity contribution in [2.75, 3.05) is 12.3 Å². The minimum Gasteiger partial charge on any atom is -0.480 e. The quantitative estimate of drug-likeness (QED) is 0.322. The van der Waals surface area contributed by atoms with Gasteiger partial charge in [-0.15, -0.1) is 0 Å². The van der Waals surface area contributed by atoms with Gasteiger partial charge in [0.1, 0.15) is 12.1 Å². The van der Waals surface area contributed by atoms with Crippen LogP contribution >= 0.6 is 12.6 Å². The predicted molar refractivity (Wildman–Crippen MR) is 99.4 cm³/mol. The summed E-state index contributed by atoms with van der Waals surface area (Å²) < 4.78 is 0.